The summed E-state index contributed by atoms with van der Waals surface area (Å²) in [6.07, 6.45) is 7.09. The summed E-state index contributed by atoms with van der Waals surface area (Å²) in [6.45, 7) is 7.26. The predicted octanol–water partition coefficient (Wildman–Crippen LogP) is 4.37. The quantitative estimate of drug-likeness (QED) is 0.629. The number of aromatic nitrogens is 2. The predicted molar refractivity (Wildman–Crippen MR) is 115 cm³/mol. The van der Waals surface area contributed by atoms with E-state index in [1.54, 1.807) is 23.1 Å². The Bertz CT molecular complexity index is 1000. The number of piperidine rings is 1. The topological polar surface area (TPSA) is 72.5 Å². The lowest BCUT2D eigenvalue weighted by molar-refractivity contribution is 0.0992. The van der Waals surface area contributed by atoms with E-state index in [-0.39, 0.29) is 12.6 Å². The van der Waals surface area contributed by atoms with Crippen LogP contribution in [0.25, 0.3) is 0 Å². The number of carbonyl (C=O) groups is 1. The van der Waals surface area contributed by atoms with Crippen molar-refractivity contribution in [2.75, 3.05) is 18.4 Å². The molecule has 30 heavy (non-hydrogen) atoms. The van der Waals surface area contributed by atoms with E-state index >= 15 is 0 Å². The summed E-state index contributed by atoms with van der Waals surface area (Å²) < 4.78 is 13.2. The van der Waals surface area contributed by atoms with E-state index in [0.717, 1.165) is 36.7 Å². The third kappa shape index (κ3) is 5.10. The summed E-state index contributed by atoms with van der Waals surface area (Å²) in [5, 5.41) is 7.07. The fourth-order valence-electron chi connectivity index (χ4n) is 3.71. The summed E-state index contributed by atoms with van der Waals surface area (Å²) in [6, 6.07) is 9.65. The zero-order chi connectivity index (χ0) is 20.9. The van der Waals surface area contributed by atoms with E-state index < -0.39 is 0 Å². The fourth-order valence-corrected chi connectivity index (χ4v) is 3.71. The number of furan rings is 1. The molecule has 2 aromatic heterocycles. The van der Waals surface area contributed by atoms with Crippen LogP contribution < -0.4 is 10.1 Å². The zero-order valence-corrected chi connectivity index (χ0v) is 17.6. The maximum atomic E-state index is 12.5. The first kappa shape index (κ1) is 20.2. The first-order valence-electron chi connectivity index (χ1n) is 10.4. The molecule has 0 bridgehead atoms. The molecule has 7 heteroatoms. The van der Waals surface area contributed by atoms with Gasteiger partial charge in [-0.25, -0.2) is 4.68 Å². The number of amides is 1. The Morgan fingerprint density at radius 2 is 2.00 bits per heavy atom. The maximum absolute atomic E-state index is 12.5. The van der Waals surface area contributed by atoms with Crippen LogP contribution >= 0.6 is 0 Å². The molecular formula is C23H28N4O3. The third-order valence-electron chi connectivity index (χ3n) is 5.29. The number of rotatable bonds is 7. The Balaban J connectivity index is 1.30. The van der Waals surface area contributed by atoms with Crippen LogP contribution in [0.5, 0.6) is 5.75 Å². The van der Waals surface area contributed by atoms with Gasteiger partial charge >= 0.3 is 0 Å². The molecular weight excluding hydrogens is 380 g/mol. The molecule has 1 aromatic carbocycles. The monoisotopic (exact) mass is 408 g/mol. The minimum absolute atomic E-state index is 0.264. The van der Waals surface area contributed by atoms with Gasteiger partial charge in [0.1, 0.15) is 11.5 Å². The Morgan fingerprint density at radius 3 is 2.80 bits per heavy atom. The zero-order valence-electron chi connectivity index (χ0n) is 17.6. The molecule has 4 rings (SSSR count). The Hall–Kier alpha value is -3.06. The molecule has 3 heterocycles. The third-order valence-corrected chi connectivity index (χ3v) is 5.29. The lowest BCUT2D eigenvalue weighted by Gasteiger charge is -2.25. The van der Waals surface area contributed by atoms with Crippen molar-refractivity contribution in [3.8, 4) is 5.75 Å². The number of aryl methyl sites for hydroxylation is 2. The van der Waals surface area contributed by atoms with Gasteiger partial charge in [-0.2, -0.15) is 5.10 Å². The fraction of sp³-hybridized carbons (Fsp3) is 0.391. The average Bonchev–Trinajstić information content (AvgIpc) is 3.38. The van der Waals surface area contributed by atoms with Gasteiger partial charge in [-0.05, 0) is 63.5 Å². The van der Waals surface area contributed by atoms with Crippen molar-refractivity contribution in [3.63, 3.8) is 0 Å². The van der Waals surface area contributed by atoms with Gasteiger partial charge in [-0.3, -0.25) is 9.69 Å². The van der Waals surface area contributed by atoms with E-state index in [4.69, 9.17) is 9.15 Å². The van der Waals surface area contributed by atoms with Gasteiger partial charge in [0.2, 0.25) is 0 Å². The number of benzene rings is 1. The van der Waals surface area contributed by atoms with Crippen molar-refractivity contribution in [1.82, 2.24) is 14.7 Å². The van der Waals surface area contributed by atoms with Crippen molar-refractivity contribution in [3.05, 3.63) is 65.4 Å². The van der Waals surface area contributed by atoms with Gasteiger partial charge in [0.15, 0.2) is 12.5 Å². The first-order chi connectivity index (χ1) is 14.6. The number of hydrogen-bond acceptors (Lipinski definition) is 5. The van der Waals surface area contributed by atoms with Gasteiger partial charge < -0.3 is 14.5 Å². The smallest absolute Gasteiger partial charge is 0.291 e. The van der Waals surface area contributed by atoms with Gasteiger partial charge in [0.25, 0.3) is 5.91 Å². The molecule has 1 aliphatic rings. The number of anilines is 1. The molecule has 0 saturated carbocycles. The van der Waals surface area contributed by atoms with Crippen LogP contribution in [0.15, 0.2) is 47.1 Å². The molecule has 0 atom stereocenters. The molecule has 1 N–H and O–H groups in total. The van der Waals surface area contributed by atoms with E-state index in [1.807, 2.05) is 25.1 Å². The van der Waals surface area contributed by atoms with Crippen LogP contribution in [0, 0.1) is 13.8 Å². The summed E-state index contributed by atoms with van der Waals surface area (Å²) in [5.74, 6) is 1.66. The number of nitrogens with one attached hydrogen (secondary N) is 1. The van der Waals surface area contributed by atoms with Crippen molar-refractivity contribution >= 4 is 11.6 Å². The highest BCUT2D eigenvalue weighted by Gasteiger charge is 2.16. The van der Waals surface area contributed by atoms with E-state index in [2.05, 4.69) is 28.3 Å². The summed E-state index contributed by atoms with van der Waals surface area (Å²) in [5.41, 5.74) is 2.87. The normalized spacial score (nSPS) is 14.6. The standard InChI is InChI=1S/C23H28N4O3/c1-17-6-8-21(18(2)12-17)29-16-27-14-19(13-24-27)25-23(28)22-9-7-20(30-22)15-26-10-4-3-5-11-26/h6-9,12-14H,3-5,10-11,15-16H2,1-2H3,(H,25,28). The van der Waals surface area contributed by atoms with E-state index in [9.17, 15) is 4.79 Å². The molecule has 1 saturated heterocycles. The van der Waals surface area contributed by atoms with Crippen molar-refractivity contribution in [2.45, 2.75) is 46.4 Å². The molecule has 0 unspecified atom stereocenters. The van der Waals surface area contributed by atoms with E-state index in [0.29, 0.717) is 11.4 Å². The van der Waals surface area contributed by atoms with Crippen molar-refractivity contribution in [1.29, 1.82) is 0 Å². The largest absolute Gasteiger partial charge is 0.471 e. The highest BCUT2D eigenvalue weighted by molar-refractivity contribution is 6.02. The molecule has 0 radical (unpaired) electrons. The molecule has 1 aliphatic heterocycles. The lowest BCUT2D eigenvalue weighted by atomic mass is 10.1. The molecule has 7 nitrogen and oxygen atoms in total. The number of ether oxygens (including phenoxy) is 1. The number of nitrogens with zero attached hydrogens (tertiary/aromatic N) is 3. The summed E-state index contributed by atoms with van der Waals surface area (Å²) in [4.78, 5) is 14.9. The van der Waals surface area contributed by atoms with Gasteiger partial charge in [-0.1, -0.05) is 24.1 Å². The summed E-state index contributed by atoms with van der Waals surface area (Å²) >= 11 is 0. The van der Waals surface area contributed by atoms with Crippen LogP contribution in [-0.4, -0.2) is 33.7 Å². The van der Waals surface area contributed by atoms with Crippen LogP contribution in [-0.2, 0) is 13.3 Å². The Labute approximate surface area is 176 Å². The molecule has 3 aromatic rings. The first-order valence-corrected chi connectivity index (χ1v) is 10.4. The van der Waals surface area contributed by atoms with Gasteiger partial charge in [-0.15, -0.1) is 0 Å². The minimum Gasteiger partial charge on any atom is -0.471 e. The molecule has 158 valence electrons. The lowest BCUT2D eigenvalue weighted by Crippen LogP contribution is -2.28. The molecule has 1 fully saturated rings. The second kappa shape index (κ2) is 9.17. The number of likely N-dealkylation sites (tertiary alicyclic amines) is 1. The van der Waals surface area contributed by atoms with Crippen LogP contribution in [0.2, 0.25) is 0 Å². The van der Waals surface area contributed by atoms with Crippen LogP contribution in [0.3, 0.4) is 0 Å². The Kier molecular flexibility index (Phi) is 6.18. The molecule has 0 aliphatic carbocycles. The SMILES string of the molecule is Cc1ccc(OCn2cc(NC(=O)c3ccc(CN4CCCCC4)o3)cn2)c(C)c1. The van der Waals surface area contributed by atoms with Crippen LogP contribution in [0.1, 0.15) is 46.7 Å². The minimum atomic E-state index is -0.283. The highest BCUT2D eigenvalue weighted by Crippen LogP contribution is 2.20. The van der Waals surface area contributed by atoms with Gasteiger partial charge in [0, 0.05) is 0 Å². The Morgan fingerprint density at radius 1 is 1.17 bits per heavy atom. The van der Waals surface area contributed by atoms with Gasteiger partial charge in [0.05, 0.1) is 24.6 Å². The van der Waals surface area contributed by atoms with Crippen molar-refractivity contribution in [2.24, 2.45) is 0 Å². The molecule has 0 spiro atoms. The van der Waals surface area contributed by atoms with Crippen LogP contribution in [0.4, 0.5) is 5.69 Å². The second-order valence-electron chi connectivity index (χ2n) is 7.87. The number of carbonyl (C=O) groups excluding carboxylic acids is 1. The maximum Gasteiger partial charge on any atom is 0.291 e. The molecule has 1 amide bonds. The van der Waals surface area contributed by atoms with E-state index in [1.165, 1.54) is 24.8 Å². The highest BCUT2D eigenvalue weighted by atomic mass is 16.5. The van der Waals surface area contributed by atoms with Crippen molar-refractivity contribution < 1.29 is 13.9 Å². The second-order valence-corrected chi connectivity index (χ2v) is 7.87. The number of hydrogen-bond donors (Lipinski definition) is 1. The summed E-state index contributed by atoms with van der Waals surface area (Å²) in [7, 11) is 0. The average molecular weight is 409 g/mol.